The third-order valence-electron chi connectivity index (χ3n) is 3.21. The molecule has 106 valence electrons. The molecule has 6 heteroatoms. The Kier molecular flexibility index (Phi) is 4.09. The van der Waals surface area contributed by atoms with Crippen LogP contribution in [0.15, 0.2) is 33.7 Å². The average molecular weight is 294 g/mol. The molecule has 0 unspecified atom stereocenters. The van der Waals surface area contributed by atoms with Crippen LogP contribution in [-0.2, 0) is 9.84 Å². The fourth-order valence-electron chi connectivity index (χ4n) is 2.16. The van der Waals surface area contributed by atoms with Crippen LogP contribution in [0.2, 0.25) is 0 Å². The number of aryl methyl sites for hydroxylation is 1. The Morgan fingerprint density at radius 1 is 1.40 bits per heavy atom. The van der Waals surface area contributed by atoms with Crippen molar-refractivity contribution in [2.45, 2.75) is 31.1 Å². The summed E-state index contributed by atoms with van der Waals surface area (Å²) in [5.74, 6) is -0.834. The van der Waals surface area contributed by atoms with Crippen molar-refractivity contribution < 1.29 is 12.8 Å². The first-order valence-corrected chi connectivity index (χ1v) is 7.83. The molecule has 1 N–H and O–H groups in total. The van der Waals surface area contributed by atoms with Crippen LogP contribution >= 0.6 is 0 Å². The lowest BCUT2D eigenvalue weighted by molar-refractivity contribution is 0.565. The van der Waals surface area contributed by atoms with Gasteiger partial charge in [-0.15, -0.1) is 0 Å². The highest BCUT2D eigenvalue weighted by molar-refractivity contribution is 7.95. The molecule has 1 fully saturated rings. The number of sulfone groups is 1. The summed E-state index contributed by atoms with van der Waals surface area (Å²) in [7, 11) is -4.12. The van der Waals surface area contributed by atoms with Crippen LogP contribution in [0, 0.1) is 24.1 Å². The minimum absolute atomic E-state index is 0.373. The molecule has 0 aliphatic carbocycles. The minimum Gasteiger partial charge on any atom is -0.387 e. The summed E-state index contributed by atoms with van der Waals surface area (Å²) in [6, 6.07) is 5.57. The molecule has 0 atom stereocenters. The SMILES string of the molecule is Cc1ccc(F)c(S(=O)(=O)/C(C#N)=C2/CCCCN2)c1. The smallest absolute Gasteiger partial charge is 0.221 e. The van der Waals surface area contributed by atoms with Crippen LogP contribution in [0.25, 0.3) is 0 Å². The number of rotatable bonds is 2. The molecule has 0 amide bonds. The molecule has 1 aromatic rings. The van der Waals surface area contributed by atoms with E-state index < -0.39 is 20.5 Å². The fourth-order valence-corrected chi connectivity index (χ4v) is 3.67. The largest absolute Gasteiger partial charge is 0.387 e. The Bertz CT molecular complexity index is 694. The summed E-state index contributed by atoms with van der Waals surface area (Å²) in [6.07, 6.45) is 2.25. The maximum atomic E-state index is 13.8. The van der Waals surface area contributed by atoms with Gasteiger partial charge in [0.25, 0.3) is 0 Å². The Labute approximate surface area is 117 Å². The van der Waals surface area contributed by atoms with Gasteiger partial charge in [0.15, 0.2) is 4.91 Å². The van der Waals surface area contributed by atoms with Gasteiger partial charge in [-0.2, -0.15) is 5.26 Å². The van der Waals surface area contributed by atoms with Gasteiger partial charge in [0.2, 0.25) is 9.84 Å². The predicted octanol–water partition coefficient (Wildman–Crippen LogP) is 2.42. The quantitative estimate of drug-likeness (QED) is 0.850. The molecule has 1 saturated heterocycles. The lowest BCUT2D eigenvalue weighted by atomic mass is 10.1. The van der Waals surface area contributed by atoms with Crippen LogP contribution in [-0.4, -0.2) is 15.0 Å². The van der Waals surface area contributed by atoms with Gasteiger partial charge in [-0.3, -0.25) is 0 Å². The Morgan fingerprint density at radius 3 is 2.75 bits per heavy atom. The van der Waals surface area contributed by atoms with Crippen molar-refractivity contribution in [1.29, 1.82) is 5.26 Å². The number of benzene rings is 1. The molecule has 0 spiro atoms. The van der Waals surface area contributed by atoms with Crippen molar-refractivity contribution in [2.24, 2.45) is 0 Å². The van der Waals surface area contributed by atoms with Gasteiger partial charge in [0.1, 0.15) is 16.8 Å². The number of allylic oxidation sites excluding steroid dienone is 2. The van der Waals surface area contributed by atoms with Gasteiger partial charge >= 0.3 is 0 Å². The zero-order chi connectivity index (χ0) is 14.8. The molecule has 2 rings (SSSR count). The van der Waals surface area contributed by atoms with E-state index >= 15 is 0 Å². The monoisotopic (exact) mass is 294 g/mol. The minimum atomic E-state index is -4.12. The summed E-state index contributed by atoms with van der Waals surface area (Å²) in [6.45, 7) is 2.31. The van der Waals surface area contributed by atoms with E-state index in [0.29, 0.717) is 24.2 Å². The molecule has 0 radical (unpaired) electrons. The van der Waals surface area contributed by atoms with Crippen LogP contribution in [0.4, 0.5) is 4.39 Å². The summed E-state index contributed by atoms with van der Waals surface area (Å²) in [5.41, 5.74) is 1.02. The Hall–Kier alpha value is -1.87. The van der Waals surface area contributed by atoms with Crippen LogP contribution < -0.4 is 5.32 Å². The van der Waals surface area contributed by atoms with Gasteiger partial charge < -0.3 is 5.32 Å². The molecule has 1 aromatic carbocycles. The number of piperidine rings is 1. The molecule has 1 aliphatic rings. The summed E-state index contributed by atoms with van der Waals surface area (Å²) in [5, 5.41) is 12.1. The van der Waals surface area contributed by atoms with Crippen molar-refractivity contribution in [2.75, 3.05) is 6.54 Å². The summed E-state index contributed by atoms with van der Waals surface area (Å²) < 4.78 is 38.7. The maximum Gasteiger partial charge on any atom is 0.221 e. The van der Waals surface area contributed by atoms with Gasteiger partial charge in [-0.05, 0) is 43.9 Å². The second-order valence-electron chi connectivity index (χ2n) is 4.74. The molecule has 4 nitrogen and oxygen atoms in total. The maximum absolute atomic E-state index is 13.8. The standard InChI is InChI=1S/C14H15FN2O2S/c1-10-5-6-11(15)13(8-10)20(18,19)14(9-16)12-4-2-3-7-17-12/h5-6,8,17H,2-4,7H2,1H3/b14-12-. The Balaban J connectivity index is 2.59. The van der Waals surface area contributed by atoms with E-state index in [0.717, 1.165) is 18.9 Å². The highest BCUT2D eigenvalue weighted by Gasteiger charge is 2.28. The lowest BCUT2D eigenvalue weighted by Gasteiger charge is -2.18. The zero-order valence-corrected chi connectivity index (χ0v) is 11.9. The average Bonchev–Trinajstić information content (AvgIpc) is 2.43. The first kappa shape index (κ1) is 14.5. The van der Waals surface area contributed by atoms with E-state index in [2.05, 4.69) is 5.32 Å². The number of halogens is 1. The number of hydrogen-bond donors (Lipinski definition) is 1. The number of nitrogens with zero attached hydrogens (tertiary/aromatic N) is 1. The van der Waals surface area contributed by atoms with Crippen molar-refractivity contribution in [1.82, 2.24) is 5.32 Å². The topological polar surface area (TPSA) is 70.0 Å². The Morgan fingerprint density at radius 2 is 2.15 bits per heavy atom. The van der Waals surface area contributed by atoms with E-state index in [1.807, 2.05) is 0 Å². The van der Waals surface area contributed by atoms with Crippen LogP contribution in [0.3, 0.4) is 0 Å². The fraction of sp³-hybridized carbons (Fsp3) is 0.357. The zero-order valence-electron chi connectivity index (χ0n) is 11.1. The molecular weight excluding hydrogens is 279 g/mol. The van der Waals surface area contributed by atoms with E-state index in [1.54, 1.807) is 13.0 Å². The second-order valence-corrected chi connectivity index (χ2v) is 6.60. The van der Waals surface area contributed by atoms with Gasteiger partial charge in [-0.1, -0.05) is 6.07 Å². The van der Waals surface area contributed by atoms with Gasteiger partial charge in [-0.25, -0.2) is 12.8 Å². The molecular formula is C14H15FN2O2S. The van der Waals surface area contributed by atoms with Crippen molar-refractivity contribution in [3.63, 3.8) is 0 Å². The van der Waals surface area contributed by atoms with Crippen molar-refractivity contribution in [3.8, 4) is 6.07 Å². The predicted molar refractivity (Wildman–Crippen MR) is 72.8 cm³/mol. The van der Waals surface area contributed by atoms with E-state index in [9.17, 15) is 18.1 Å². The normalized spacial score (nSPS) is 18.1. The molecule has 20 heavy (non-hydrogen) atoms. The number of nitriles is 1. The van der Waals surface area contributed by atoms with Crippen LogP contribution in [0.5, 0.6) is 0 Å². The first-order valence-electron chi connectivity index (χ1n) is 6.35. The second kappa shape index (κ2) is 5.63. The van der Waals surface area contributed by atoms with Crippen LogP contribution in [0.1, 0.15) is 24.8 Å². The third kappa shape index (κ3) is 2.68. The highest BCUT2D eigenvalue weighted by Crippen LogP contribution is 2.27. The summed E-state index contributed by atoms with van der Waals surface area (Å²) in [4.78, 5) is -0.810. The first-order chi connectivity index (χ1) is 9.46. The molecule has 0 bridgehead atoms. The van der Waals surface area contributed by atoms with E-state index in [1.165, 1.54) is 12.1 Å². The highest BCUT2D eigenvalue weighted by atomic mass is 32.2. The molecule has 1 aliphatic heterocycles. The molecule has 0 saturated carbocycles. The van der Waals surface area contributed by atoms with Gasteiger partial charge in [0.05, 0.1) is 0 Å². The lowest BCUT2D eigenvalue weighted by Crippen LogP contribution is -2.24. The number of nitrogens with one attached hydrogen (secondary N) is 1. The molecule has 1 heterocycles. The van der Waals surface area contributed by atoms with Crippen molar-refractivity contribution >= 4 is 9.84 Å². The number of hydrogen-bond acceptors (Lipinski definition) is 4. The van der Waals surface area contributed by atoms with E-state index in [4.69, 9.17) is 0 Å². The van der Waals surface area contributed by atoms with Gasteiger partial charge in [0, 0.05) is 12.2 Å². The molecule has 0 aromatic heterocycles. The van der Waals surface area contributed by atoms with E-state index in [-0.39, 0.29) is 4.91 Å². The van der Waals surface area contributed by atoms with Crippen molar-refractivity contribution in [3.05, 3.63) is 40.2 Å². The third-order valence-corrected chi connectivity index (χ3v) is 4.98. The summed E-state index contributed by atoms with van der Waals surface area (Å²) >= 11 is 0.